The van der Waals surface area contributed by atoms with E-state index in [9.17, 15) is 14.1 Å². The van der Waals surface area contributed by atoms with Gasteiger partial charge in [-0.25, -0.2) is 4.99 Å². The van der Waals surface area contributed by atoms with Crippen molar-refractivity contribution in [2.45, 2.75) is 17.7 Å². The molecule has 0 aromatic heterocycles. The first kappa shape index (κ1) is 14.0. The van der Waals surface area contributed by atoms with Crippen molar-refractivity contribution < 1.29 is 27.3 Å². The zero-order valence-electron chi connectivity index (χ0n) is 11.1. The summed E-state index contributed by atoms with van der Waals surface area (Å²) >= 11 is 0. The second kappa shape index (κ2) is 3.83. The van der Waals surface area contributed by atoms with Gasteiger partial charge in [0.05, 0.1) is 25.6 Å². The summed E-state index contributed by atoms with van der Waals surface area (Å²) in [6, 6.07) is 6.33. The van der Waals surface area contributed by atoms with Gasteiger partial charge in [0.2, 0.25) is 0 Å². The average Bonchev–Trinajstić information content (AvgIpc) is 2.63. The summed E-state index contributed by atoms with van der Waals surface area (Å²) in [5.41, 5.74) is 1.24. The number of carbonyl (C=O) groups excluding carboxylic acids is 2. The minimum Gasteiger partial charge on any atom is -0.363 e. The molecular weight excluding hydrogens is 300 g/mol. The number of nitrogens with one attached hydrogen (secondary N) is 1. The Morgan fingerprint density at radius 1 is 1.24 bits per heavy atom. The van der Waals surface area contributed by atoms with Gasteiger partial charge in [0, 0.05) is 0 Å². The normalized spacial score (nSPS) is 27.3. The van der Waals surface area contributed by atoms with Crippen molar-refractivity contribution in [3.05, 3.63) is 24.3 Å². The van der Waals surface area contributed by atoms with E-state index in [2.05, 4.69) is 9.88 Å². The molecule has 114 valence electrons. The highest BCUT2D eigenvalue weighted by atomic mass is 32.4. The first-order valence-corrected chi connectivity index (χ1v) is 8.42. The van der Waals surface area contributed by atoms with E-state index < -0.39 is 21.3 Å². The number of fused-ring (bicyclic) bond motifs is 2. The van der Waals surface area contributed by atoms with Crippen molar-refractivity contribution in [2.24, 2.45) is 4.99 Å². The minimum absolute atomic E-state index is 0.0444. The van der Waals surface area contributed by atoms with Gasteiger partial charge in [-0.2, -0.15) is 0 Å². The Hall–Kier alpha value is -1.94. The zero-order chi connectivity index (χ0) is 15.2. The van der Waals surface area contributed by atoms with Crippen molar-refractivity contribution in [1.29, 1.82) is 0 Å². The molecule has 0 radical (unpaired) electrons. The summed E-state index contributed by atoms with van der Waals surface area (Å²) in [5.74, 6) is -1.59. The number of aliphatic imine (C=N–C) groups is 1. The zero-order valence-corrected chi connectivity index (χ0v) is 12.0. The molecule has 1 fully saturated rings. The second-order valence-corrected chi connectivity index (χ2v) is 8.66. The van der Waals surface area contributed by atoms with Crippen LogP contribution in [0.5, 0.6) is 0 Å². The standard InChI is InChI=1S/C12H14N2O6S/c1-18-14-21(17,19-11(15)6-7-12(16)20-21)8-13-9-4-2-3-5-10(9)21/h2-5,8,14,17H,6-7H2,1H3. The lowest BCUT2D eigenvalue weighted by atomic mass is 10.3. The van der Waals surface area contributed by atoms with Crippen LogP contribution in [0.4, 0.5) is 5.69 Å². The Morgan fingerprint density at radius 2 is 1.86 bits per heavy atom. The number of carbonyl (C=O) groups is 2. The van der Waals surface area contributed by atoms with Crippen LogP contribution in [0.15, 0.2) is 34.2 Å². The van der Waals surface area contributed by atoms with E-state index in [1.54, 1.807) is 18.2 Å². The van der Waals surface area contributed by atoms with Crippen molar-refractivity contribution in [3.63, 3.8) is 0 Å². The summed E-state index contributed by atoms with van der Waals surface area (Å²) in [5, 5.41) is 0. The predicted molar refractivity (Wildman–Crippen MR) is 74.6 cm³/mol. The first-order valence-electron chi connectivity index (χ1n) is 6.10. The maximum atomic E-state index is 11.9. The Balaban J connectivity index is 2.36. The molecule has 0 amide bonds. The lowest BCUT2D eigenvalue weighted by Crippen LogP contribution is -2.52. The lowest BCUT2D eigenvalue weighted by Gasteiger charge is -2.65. The molecule has 0 aliphatic carbocycles. The van der Waals surface area contributed by atoms with Crippen molar-refractivity contribution in [1.82, 2.24) is 4.89 Å². The van der Waals surface area contributed by atoms with Crippen LogP contribution in [-0.4, -0.2) is 29.1 Å². The molecule has 3 rings (SSSR count). The molecule has 0 saturated carbocycles. The Bertz CT molecular complexity index is 685. The summed E-state index contributed by atoms with van der Waals surface area (Å²) < 4.78 is 22.1. The molecule has 21 heavy (non-hydrogen) atoms. The third kappa shape index (κ3) is 1.72. The second-order valence-electron chi connectivity index (χ2n) is 4.77. The molecule has 0 atom stereocenters. The molecule has 2 heterocycles. The van der Waals surface area contributed by atoms with Gasteiger partial charge in [0.1, 0.15) is 19.8 Å². The summed E-state index contributed by atoms with van der Waals surface area (Å²) in [6.45, 7) is 0. The number of hydrogen-bond acceptors (Lipinski definition) is 8. The molecule has 0 unspecified atom stereocenters. The highest BCUT2D eigenvalue weighted by Gasteiger charge is 2.70. The molecule has 2 N–H and O–H groups in total. The van der Waals surface area contributed by atoms with E-state index in [1.807, 2.05) is 0 Å². The highest BCUT2D eigenvalue weighted by molar-refractivity contribution is 8.62. The fraction of sp³-hybridized carbons (Fsp3) is 0.250. The minimum atomic E-state index is -5.58. The van der Waals surface area contributed by atoms with Crippen LogP contribution in [0.3, 0.4) is 0 Å². The molecule has 2 aliphatic rings. The van der Waals surface area contributed by atoms with Crippen LogP contribution >= 0.6 is 9.32 Å². The van der Waals surface area contributed by atoms with Crippen molar-refractivity contribution in [2.75, 3.05) is 7.11 Å². The summed E-state index contributed by atoms with van der Waals surface area (Å²) in [4.78, 5) is 35.0. The van der Waals surface area contributed by atoms with Crippen LogP contribution in [0.2, 0.25) is 0 Å². The maximum absolute atomic E-state index is 11.9. The monoisotopic (exact) mass is 314 g/mol. The third-order valence-electron chi connectivity index (χ3n) is 3.21. The van der Waals surface area contributed by atoms with E-state index in [4.69, 9.17) is 13.2 Å². The van der Waals surface area contributed by atoms with Crippen LogP contribution in [0.1, 0.15) is 12.8 Å². The maximum Gasteiger partial charge on any atom is 0.321 e. The van der Waals surface area contributed by atoms with E-state index >= 15 is 0 Å². The van der Waals surface area contributed by atoms with Crippen LogP contribution < -0.4 is 4.89 Å². The molecule has 1 aromatic rings. The first-order chi connectivity index (χ1) is 9.85. The molecule has 1 spiro atoms. The Morgan fingerprint density at radius 3 is 2.48 bits per heavy atom. The molecule has 8 nitrogen and oxygen atoms in total. The van der Waals surface area contributed by atoms with E-state index in [-0.39, 0.29) is 17.7 Å². The van der Waals surface area contributed by atoms with Gasteiger partial charge in [-0.3, -0.25) is 19.0 Å². The van der Waals surface area contributed by atoms with E-state index in [1.165, 1.54) is 13.2 Å². The fourth-order valence-electron chi connectivity index (χ4n) is 2.39. The smallest absolute Gasteiger partial charge is 0.321 e. The molecule has 0 bridgehead atoms. The Labute approximate surface area is 119 Å². The van der Waals surface area contributed by atoms with Crippen LogP contribution in [-0.2, 0) is 22.8 Å². The largest absolute Gasteiger partial charge is 0.363 e. The van der Waals surface area contributed by atoms with Gasteiger partial charge >= 0.3 is 11.9 Å². The summed E-state index contributed by atoms with van der Waals surface area (Å²) in [7, 11) is -4.38. The molecule has 1 aromatic carbocycles. The SMILES string of the molecule is CONS12(O)(C=Nc3ccccc31)OC(=O)CCC(=O)O2. The third-order valence-corrected chi connectivity index (χ3v) is 6.91. The van der Waals surface area contributed by atoms with Crippen LogP contribution in [0.25, 0.3) is 0 Å². The average molecular weight is 314 g/mol. The van der Waals surface area contributed by atoms with E-state index in [0.29, 0.717) is 5.69 Å². The van der Waals surface area contributed by atoms with Gasteiger partial charge in [-0.1, -0.05) is 17.0 Å². The van der Waals surface area contributed by atoms with Crippen molar-refractivity contribution in [3.8, 4) is 0 Å². The number of benzene rings is 1. The van der Waals surface area contributed by atoms with Gasteiger partial charge in [-0.15, -0.1) is 0 Å². The predicted octanol–water partition coefficient (Wildman–Crippen LogP) is 1.84. The molecule has 2 aliphatic heterocycles. The van der Waals surface area contributed by atoms with Crippen LogP contribution in [0, 0.1) is 0 Å². The molecule has 1 saturated heterocycles. The quantitative estimate of drug-likeness (QED) is 0.802. The van der Waals surface area contributed by atoms with Crippen molar-refractivity contribution >= 4 is 32.5 Å². The number of nitrogens with zero attached hydrogens (tertiary/aromatic N) is 1. The lowest BCUT2D eigenvalue weighted by molar-refractivity contribution is -0.135. The van der Waals surface area contributed by atoms with Gasteiger partial charge in [-0.05, 0) is 12.1 Å². The van der Waals surface area contributed by atoms with Gasteiger partial charge in [0.15, 0.2) is 0 Å². The highest BCUT2D eigenvalue weighted by Crippen LogP contribution is 2.92. The number of para-hydroxylation sites is 1. The Kier molecular flexibility index (Phi) is 2.55. The van der Waals surface area contributed by atoms with Gasteiger partial charge in [0.25, 0.3) is 0 Å². The number of hydrogen-bond donors (Lipinski definition) is 2. The topological polar surface area (TPSA) is 106 Å². The summed E-state index contributed by atoms with van der Waals surface area (Å²) in [6.07, 6.45) is -0.415. The molecule has 9 heteroatoms. The van der Waals surface area contributed by atoms with Gasteiger partial charge < -0.3 is 8.37 Å². The molecular formula is C12H14N2O6S. The fourth-order valence-corrected chi connectivity index (χ4v) is 5.82. The number of rotatable bonds is 2. The van der Waals surface area contributed by atoms with E-state index in [0.717, 1.165) is 5.55 Å².